The molecular formula is C13H10F3N3O2. The van der Waals surface area contributed by atoms with Crippen LogP contribution >= 0.6 is 0 Å². The molecule has 0 unspecified atom stereocenters. The van der Waals surface area contributed by atoms with Gasteiger partial charge in [-0.25, -0.2) is 4.98 Å². The van der Waals surface area contributed by atoms with E-state index in [9.17, 15) is 18.0 Å². The second-order valence-electron chi connectivity index (χ2n) is 3.97. The van der Waals surface area contributed by atoms with Crippen LogP contribution in [0.1, 0.15) is 10.5 Å². The maximum Gasteiger partial charge on any atom is 0.573 e. The van der Waals surface area contributed by atoms with Crippen LogP contribution in [0.2, 0.25) is 0 Å². The zero-order valence-corrected chi connectivity index (χ0v) is 10.5. The fraction of sp³-hybridized carbons (Fsp3) is 0.0769. The van der Waals surface area contributed by atoms with Crippen LogP contribution in [0.5, 0.6) is 5.75 Å². The Bertz CT molecular complexity index is 642. The van der Waals surface area contributed by atoms with E-state index >= 15 is 0 Å². The fourth-order valence-electron chi connectivity index (χ4n) is 1.54. The number of carbonyl (C=O) groups is 1. The number of hydrogen-bond acceptors (Lipinski definition) is 4. The molecule has 0 saturated carbocycles. The number of halogens is 3. The van der Waals surface area contributed by atoms with Crippen LogP contribution < -0.4 is 15.8 Å². The maximum absolute atomic E-state index is 12.0. The number of nitrogen functional groups attached to an aromatic ring is 1. The van der Waals surface area contributed by atoms with Crippen molar-refractivity contribution in [2.75, 3.05) is 11.1 Å². The van der Waals surface area contributed by atoms with Gasteiger partial charge in [0.15, 0.2) is 5.69 Å². The zero-order chi connectivity index (χ0) is 15.5. The lowest BCUT2D eigenvalue weighted by atomic mass is 10.2. The molecule has 8 heteroatoms. The van der Waals surface area contributed by atoms with Gasteiger partial charge in [-0.15, -0.1) is 13.2 Å². The Balaban J connectivity index is 2.07. The molecule has 1 heterocycles. The third-order valence-corrected chi connectivity index (χ3v) is 2.40. The minimum Gasteiger partial charge on any atom is -0.406 e. The summed E-state index contributed by atoms with van der Waals surface area (Å²) in [7, 11) is 0. The van der Waals surface area contributed by atoms with Crippen LogP contribution in [-0.2, 0) is 0 Å². The van der Waals surface area contributed by atoms with Gasteiger partial charge in [-0.1, -0.05) is 0 Å². The number of amides is 1. The van der Waals surface area contributed by atoms with Gasteiger partial charge in [-0.05, 0) is 36.4 Å². The molecular weight excluding hydrogens is 287 g/mol. The van der Waals surface area contributed by atoms with Crippen molar-refractivity contribution in [3.05, 3.63) is 48.3 Å². The van der Waals surface area contributed by atoms with Crippen molar-refractivity contribution in [3.63, 3.8) is 0 Å². The molecule has 0 atom stereocenters. The molecule has 0 spiro atoms. The van der Waals surface area contributed by atoms with Gasteiger partial charge in [0.25, 0.3) is 5.91 Å². The van der Waals surface area contributed by atoms with Crippen LogP contribution in [0.3, 0.4) is 0 Å². The topological polar surface area (TPSA) is 77.2 Å². The highest BCUT2D eigenvalue weighted by Crippen LogP contribution is 2.24. The van der Waals surface area contributed by atoms with Crippen molar-refractivity contribution < 1.29 is 22.7 Å². The van der Waals surface area contributed by atoms with Gasteiger partial charge in [0.2, 0.25) is 0 Å². The Morgan fingerprint density at radius 3 is 2.43 bits per heavy atom. The molecule has 0 radical (unpaired) electrons. The van der Waals surface area contributed by atoms with Crippen LogP contribution in [-0.4, -0.2) is 17.3 Å². The molecule has 0 fully saturated rings. The number of nitrogens with one attached hydrogen (secondary N) is 1. The van der Waals surface area contributed by atoms with Crippen molar-refractivity contribution in [1.29, 1.82) is 0 Å². The highest BCUT2D eigenvalue weighted by atomic mass is 19.4. The molecule has 1 amide bonds. The average molecular weight is 297 g/mol. The molecule has 5 nitrogen and oxygen atoms in total. The van der Waals surface area contributed by atoms with E-state index in [1.807, 2.05) is 0 Å². The standard InChI is InChI=1S/C13H10F3N3O2/c14-13(15,16)21-9-5-3-8(4-6-9)19-12(20)11-10(17)2-1-7-18-11/h1-7H,17H2,(H,19,20). The second-order valence-corrected chi connectivity index (χ2v) is 3.97. The Kier molecular flexibility index (Phi) is 3.97. The number of nitrogens with two attached hydrogens (primary N) is 1. The number of nitrogens with zero attached hydrogens (tertiary/aromatic N) is 1. The lowest BCUT2D eigenvalue weighted by Crippen LogP contribution is -2.17. The maximum atomic E-state index is 12.0. The smallest absolute Gasteiger partial charge is 0.406 e. The van der Waals surface area contributed by atoms with Gasteiger partial charge in [0.1, 0.15) is 5.75 Å². The Morgan fingerprint density at radius 2 is 1.86 bits per heavy atom. The van der Waals surface area contributed by atoms with E-state index in [0.29, 0.717) is 5.69 Å². The summed E-state index contributed by atoms with van der Waals surface area (Å²) < 4.78 is 39.7. The van der Waals surface area contributed by atoms with E-state index in [2.05, 4.69) is 15.0 Å². The molecule has 0 aliphatic heterocycles. The summed E-state index contributed by atoms with van der Waals surface area (Å²) in [6, 6.07) is 7.82. The van der Waals surface area contributed by atoms with Crippen LogP contribution in [0.4, 0.5) is 24.5 Å². The van der Waals surface area contributed by atoms with Gasteiger partial charge >= 0.3 is 6.36 Å². The van der Waals surface area contributed by atoms with E-state index in [0.717, 1.165) is 12.1 Å². The molecule has 2 aromatic rings. The zero-order valence-electron chi connectivity index (χ0n) is 10.5. The van der Waals surface area contributed by atoms with Crippen molar-refractivity contribution in [3.8, 4) is 5.75 Å². The Morgan fingerprint density at radius 1 is 1.19 bits per heavy atom. The molecule has 3 N–H and O–H groups in total. The highest BCUT2D eigenvalue weighted by molar-refractivity contribution is 6.06. The summed E-state index contributed by atoms with van der Waals surface area (Å²) in [6.45, 7) is 0. The Hall–Kier alpha value is -2.77. The number of benzene rings is 1. The summed E-state index contributed by atoms with van der Waals surface area (Å²) in [5.41, 5.74) is 6.13. The number of rotatable bonds is 3. The molecule has 0 aliphatic rings. The summed E-state index contributed by atoms with van der Waals surface area (Å²) in [5, 5.41) is 2.47. The van der Waals surface area contributed by atoms with Crippen LogP contribution in [0.15, 0.2) is 42.6 Å². The number of carbonyl (C=O) groups excluding carboxylic acids is 1. The van der Waals surface area contributed by atoms with E-state index in [1.54, 1.807) is 6.07 Å². The molecule has 0 bridgehead atoms. The van der Waals surface area contributed by atoms with Gasteiger partial charge < -0.3 is 15.8 Å². The first-order valence-electron chi connectivity index (χ1n) is 5.73. The second kappa shape index (κ2) is 5.70. The summed E-state index contributed by atoms with van der Waals surface area (Å²) in [6.07, 6.45) is -3.35. The lowest BCUT2D eigenvalue weighted by molar-refractivity contribution is -0.274. The number of alkyl halides is 3. The van der Waals surface area contributed by atoms with Gasteiger partial charge in [0.05, 0.1) is 5.69 Å². The Labute approximate surface area is 117 Å². The fourth-order valence-corrected chi connectivity index (χ4v) is 1.54. The van der Waals surface area contributed by atoms with Crippen molar-refractivity contribution >= 4 is 17.3 Å². The number of ether oxygens (including phenoxy) is 1. The molecule has 0 saturated heterocycles. The lowest BCUT2D eigenvalue weighted by Gasteiger charge is -2.10. The molecule has 0 aliphatic carbocycles. The largest absolute Gasteiger partial charge is 0.573 e. The first kappa shape index (κ1) is 14.6. The van der Waals surface area contributed by atoms with Crippen LogP contribution in [0.25, 0.3) is 0 Å². The molecule has 1 aromatic carbocycles. The van der Waals surface area contributed by atoms with Gasteiger partial charge in [0, 0.05) is 11.9 Å². The summed E-state index contributed by atoms with van der Waals surface area (Å²) in [5.74, 6) is -0.935. The number of anilines is 2. The minimum atomic E-state index is -4.76. The predicted molar refractivity (Wildman–Crippen MR) is 69.7 cm³/mol. The van der Waals surface area contributed by atoms with E-state index in [1.165, 1.54) is 24.4 Å². The average Bonchev–Trinajstić information content (AvgIpc) is 2.40. The molecule has 2 rings (SSSR count). The number of pyridine rings is 1. The third-order valence-electron chi connectivity index (χ3n) is 2.40. The minimum absolute atomic E-state index is 0.0353. The van der Waals surface area contributed by atoms with E-state index in [-0.39, 0.29) is 17.1 Å². The van der Waals surface area contributed by atoms with Crippen molar-refractivity contribution in [1.82, 2.24) is 4.98 Å². The van der Waals surface area contributed by atoms with Crippen LogP contribution in [0, 0.1) is 0 Å². The first-order valence-corrected chi connectivity index (χ1v) is 5.73. The summed E-state index contributed by atoms with van der Waals surface area (Å²) >= 11 is 0. The normalized spacial score (nSPS) is 11.0. The first-order chi connectivity index (χ1) is 9.85. The highest BCUT2D eigenvalue weighted by Gasteiger charge is 2.30. The SMILES string of the molecule is Nc1cccnc1C(=O)Nc1ccc(OC(F)(F)F)cc1. The third kappa shape index (κ3) is 4.10. The van der Waals surface area contributed by atoms with Crippen molar-refractivity contribution in [2.24, 2.45) is 0 Å². The monoisotopic (exact) mass is 297 g/mol. The molecule has 21 heavy (non-hydrogen) atoms. The summed E-state index contributed by atoms with van der Waals surface area (Å²) in [4.78, 5) is 15.7. The molecule has 1 aromatic heterocycles. The quantitative estimate of drug-likeness (QED) is 0.913. The van der Waals surface area contributed by atoms with E-state index < -0.39 is 12.3 Å². The van der Waals surface area contributed by atoms with Crippen molar-refractivity contribution in [2.45, 2.75) is 6.36 Å². The predicted octanol–water partition coefficient (Wildman–Crippen LogP) is 2.81. The molecule has 110 valence electrons. The van der Waals surface area contributed by atoms with Gasteiger partial charge in [-0.3, -0.25) is 4.79 Å². The van der Waals surface area contributed by atoms with E-state index in [4.69, 9.17) is 5.73 Å². The van der Waals surface area contributed by atoms with Gasteiger partial charge in [-0.2, -0.15) is 0 Å². The number of hydrogen-bond donors (Lipinski definition) is 2. The number of aromatic nitrogens is 1.